The number of aryl methyl sites for hydroxylation is 1. The van der Waals surface area contributed by atoms with E-state index < -0.39 is 5.97 Å². The summed E-state index contributed by atoms with van der Waals surface area (Å²) >= 11 is 1.08. The molecule has 0 spiro atoms. The molecule has 6 heteroatoms. The van der Waals surface area contributed by atoms with Gasteiger partial charge in [-0.3, -0.25) is 4.79 Å². The van der Waals surface area contributed by atoms with E-state index in [1.807, 2.05) is 19.9 Å². The third-order valence-corrected chi connectivity index (χ3v) is 3.76. The van der Waals surface area contributed by atoms with Crippen LogP contribution in [-0.4, -0.2) is 33.0 Å². The number of thioether (sulfide) groups is 1. The van der Waals surface area contributed by atoms with Crippen molar-refractivity contribution in [1.82, 2.24) is 4.40 Å². The molecule has 0 unspecified atom stereocenters. The van der Waals surface area contributed by atoms with E-state index in [1.54, 1.807) is 23.6 Å². The number of nitrogens with zero attached hydrogens (tertiary/aromatic N) is 1. The van der Waals surface area contributed by atoms with Crippen LogP contribution in [0.2, 0.25) is 0 Å². The number of carbonyl (C=O) groups is 2. The number of rotatable bonds is 4. The van der Waals surface area contributed by atoms with Gasteiger partial charge < -0.3 is 14.2 Å². The second-order valence-corrected chi connectivity index (χ2v) is 5.71. The van der Waals surface area contributed by atoms with Gasteiger partial charge in [0.15, 0.2) is 5.75 Å². The molecule has 2 aromatic rings. The monoisotopic (exact) mass is 307 g/mol. The van der Waals surface area contributed by atoms with E-state index in [4.69, 9.17) is 4.74 Å². The first kappa shape index (κ1) is 15.4. The van der Waals surface area contributed by atoms with Gasteiger partial charge in [-0.2, -0.15) is 0 Å². The van der Waals surface area contributed by atoms with Crippen LogP contribution in [-0.2, 0) is 4.74 Å². The van der Waals surface area contributed by atoms with Crippen LogP contribution in [0, 0.1) is 6.92 Å². The summed E-state index contributed by atoms with van der Waals surface area (Å²) in [6.07, 6.45) is 1.68. The Labute approximate surface area is 126 Å². The fraction of sp³-hybridized carbons (Fsp3) is 0.333. The Hall–Kier alpha value is -1.95. The Morgan fingerprint density at radius 3 is 2.71 bits per heavy atom. The molecule has 0 amide bonds. The van der Waals surface area contributed by atoms with Gasteiger partial charge in [-0.1, -0.05) is 18.7 Å². The number of hydrogen-bond donors (Lipinski definition) is 1. The van der Waals surface area contributed by atoms with Crippen molar-refractivity contribution in [2.24, 2.45) is 0 Å². The molecular formula is C15H17NO4S. The highest BCUT2D eigenvalue weighted by Crippen LogP contribution is 2.33. The van der Waals surface area contributed by atoms with E-state index in [0.717, 1.165) is 17.3 Å². The fourth-order valence-corrected chi connectivity index (χ4v) is 2.74. The average Bonchev–Trinajstić information content (AvgIpc) is 2.70. The number of carbonyl (C=O) groups excluding carboxylic acids is 2. The Balaban J connectivity index is 2.73. The first-order valence-corrected chi connectivity index (χ1v) is 7.67. The Kier molecular flexibility index (Phi) is 4.57. The van der Waals surface area contributed by atoms with Gasteiger partial charge >= 0.3 is 5.97 Å². The van der Waals surface area contributed by atoms with Crippen LogP contribution in [0.1, 0.15) is 40.3 Å². The number of aromatic hydroxyl groups is 1. The zero-order chi connectivity index (χ0) is 15.6. The molecule has 1 N–H and O–H groups in total. The number of fused-ring (bicyclic) bond motifs is 1. The van der Waals surface area contributed by atoms with Gasteiger partial charge in [0.05, 0.1) is 12.1 Å². The molecule has 112 valence electrons. The molecule has 0 radical (unpaired) electrons. The summed E-state index contributed by atoms with van der Waals surface area (Å²) in [7, 11) is 0. The first-order chi connectivity index (χ1) is 10.0. The predicted molar refractivity (Wildman–Crippen MR) is 82.2 cm³/mol. The molecule has 2 aromatic heterocycles. The summed E-state index contributed by atoms with van der Waals surface area (Å²) in [6.45, 7) is 5.62. The van der Waals surface area contributed by atoms with Crippen molar-refractivity contribution in [3.8, 4) is 5.75 Å². The summed E-state index contributed by atoms with van der Waals surface area (Å²) < 4.78 is 6.52. The van der Waals surface area contributed by atoms with Gasteiger partial charge in [0.2, 0.25) is 5.12 Å². The third kappa shape index (κ3) is 2.76. The van der Waals surface area contributed by atoms with Gasteiger partial charge in [0.1, 0.15) is 11.3 Å². The first-order valence-electron chi connectivity index (χ1n) is 6.69. The molecule has 0 aliphatic rings. The fourth-order valence-electron chi connectivity index (χ4n) is 2.15. The zero-order valence-corrected chi connectivity index (χ0v) is 13.0. The number of esters is 1. The quantitative estimate of drug-likeness (QED) is 0.879. The highest BCUT2D eigenvalue weighted by atomic mass is 32.2. The summed E-state index contributed by atoms with van der Waals surface area (Å²) in [5.74, 6) is -0.352. The minimum absolute atomic E-state index is 0.0422. The minimum atomic E-state index is -0.626. The van der Waals surface area contributed by atoms with Crippen molar-refractivity contribution in [1.29, 1.82) is 0 Å². The van der Waals surface area contributed by atoms with Gasteiger partial charge in [0.25, 0.3) is 0 Å². The van der Waals surface area contributed by atoms with Crippen molar-refractivity contribution < 1.29 is 19.4 Å². The number of pyridine rings is 1. The topological polar surface area (TPSA) is 68.0 Å². The molecule has 0 bridgehead atoms. The van der Waals surface area contributed by atoms with Crippen LogP contribution in [0.25, 0.3) is 5.52 Å². The van der Waals surface area contributed by atoms with Crippen molar-refractivity contribution in [2.75, 3.05) is 12.4 Å². The summed E-state index contributed by atoms with van der Waals surface area (Å²) in [4.78, 5) is 24.3. The number of ether oxygens (including phenoxy) is 1. The van der Waals surface area contributed by atoms with Crippen molar-refractivity contribution in [3.05, 3.63) is 35.2 Å². The third-order valence-electron chi connectivity index (χ3n) is 3.02. The molecule has 0 aromatic carbocycles. The normalized spacial score (nSPS) is 10.8. The van der Waals surface area contributed by atoms with Crippen LogP contribution in [0.15, 0.2) is 18.3 Å². The molecular weight excluding hydrogens is 290 g/mol. The SMILES string of the molecule is CCOC(=O)c1c(O)c(C(=O)SCC)n2ccc(C)cc12. The van der Waals surface area contributed by atoms with Crippen molar-refractivity contribution >= 4 is 28.4 Å². The summed E-state index contributed by atoms with van der Waals surface area (Å²) in [5, 5.41) is 10.1. The van der Waals surface area contributed by atoms with Crippen LogP contribution in [0.5, 0.6) is 5.75 Å². The molecule has 0 saturated carbocycles. The standard InChI is InChI=1S/C15H17NO4S/c1-4-20-14(18)11-10-8-9(3)6-7-16(10)12(13(11)17)15(19)21-5-2/h6-8,17H,4-5H2,1-3H3. The van der Waals surface area contributed by atoms with E-state index >= 15 is 0 Å². The Bertz CT molecular complexity index is 705. The van der Waals surface area contributed by atoms with Gasteiger partial charge in [-0.05, 0) is 37.3 Å². The van der Waals surface area contributed by atoms with Crippen LogP contribution in [0.4, 0.5) is 0 Å². The molecule has 0 aliphatic carbocycles. The average molecular weight is 307 g/mol. The second kappa shape index (κ2) is 6.22. The maximum absolute atomic E-state index is 12.2. The smallest absolute Gasteiger partial charge is 0.344 e. The van der Waals surface area contributed by atoms with Crippen LogP contribution >= 0.6 is 11.8 Å². The van der Waals surface area contributed by atoms with Crippen molar-refractivity contribution in [3.63, 3.8) is 0 Å². The molecule has 2 heterocycles. The lowest BCUT2D eigenvalue weighted by Gasteiger charge is -2.02. The van der Waals surface area contributed by atoms with Crippen molar-refractivity contribution in [2.45, 2.75) is 20.8 Å². The molecule has 5 nitrogen and oxygen atoms in total. The highest BCUT2D eigenvalue weighted by molar-refractivity contribution is 8.14. The largest absolute Gasteiger partial charge is 0.505 e. The van der Waals surface area contributed by atoms with E-state index in [1.165, 1.54) is 0 Å². The summed E-state index contributed by atoms with van der Waals surface area (Å²) in [5.41, 5.74) is 1.55. The van der Waals surface area contributed by atoms with Crippen LogP contribution in [0.3, 0.4) is 0 Å². The number of aromatic nitrogens is 1. The molecule has 0 fully saturated rings. The molecule has 0 aliphatic heterocycles. The van der Waals surface area contributed by atoms with Crippen LogP contribution < -0.4 is 0 Å². The zero-order valence-electron chi connectivity index (χ0n) is 12.2. The lowest BCUT2D eigenvalue weighted by Crippen LogP contribution is -2.04. The van der Waals surface area contributed by atoms with E-state index in [0.29, 0.717) is 11.3 Å². The summed E-state index contributed by atoms with van der Waals surface area (Å²) in [6, 6.07) is 3.56. The maximum Gasteiger partial charge on any atom is 0.344 e. The number of hydrogen-bond acceptors (Lipinski definition) is 5. The molecule has 21 heavy (non-hydrogen) atoms. The van der Waals surface area contributed by atoms with E-state index in [-0.39, 0.29) is 28.7 Å². The van der Waals surface area contributed by atoms with Gasteiger partial charge in [-0.15, -0.1) is 0 Å². The maximum atomic E-state index is 12.2. The van der Waals surface area contributed by atoms with Gasteiger partial charge in [0, 0.05) is 6.20 Å². The van der Waals surface area contributed by atoms with E-state index in [2.05, 4.69) is 0 Å². The second-order valence-electron chi connectivity index (χ2n) is 4.47. The Morgan fingerprint density at radius 1 is 1.38 bits per heavy atom. The highest BCUT2D eigenvalue weighted by Gasteiger charge is 2.27. The lowest BCUT2D eigenvalue weighted by atomic mass is 10.2. The molecule has 2 rings (SSSR count). The van der Waals surface area contributed by atoms with E-state index in [9.17, 15) is 14.7 Å². The Morgan fingerprint density at radius 2 is 2.10 bits per heavy atom. The molecule has 0 saturated heterocycles. The minimum Gasteiger partial charge on any atom is -0.505 e. The molecule has 0 atom stereocenters. The van der Waals surface area contributed by atoms with Gasteiger partial charge in [-0.25, -0.2) is 4.79 Å². The lowest BCUT2D eigenvalue weighted by molar-refractivity contribution is 0.0526. The predicted octanol–water partition coefficient (Wildman–Crippen LogP) is 3.02.